The highest BCUT2D eigenvalue weighted by Gasteiger charge is 2.25. The highest BCUT2D eigenvalue weighted by molar-refractivity contribution is 5.78. The predicted octanol–water partition coefficient (Wildman–Crippen LogP) is 0.837. The van der Waals surface area contributed by atoms with Crippen molar-refractivity contribution in [2.75, 3.05) is 13.1 Å². The van der Waals surface area contributed by atoms with E-state index in [1.807, 2.05) is 11.8 Å². The summed E-state index contributed by atoms with van der Waals surface area (Å²) in [6, 6.07) is 1.71. The Labute approximate surface area is 100 Å². The van der Waals surface area contributed by atoms with Crippen molar-refractivity contribution in [2.24, 2.45) is 5.92 Å². The van der Waals surface area contributed by atoms with Crippen LogP contribution in [0.1, 0.15) is 25.5 Å². The second-order valence-electron chi connectivity index (χ2n) is 4.63. The van der Waals surface area contributed by atoms with Crippen molar-refractivity contribution >= 4 is 5.91 Å². The molecule has 1 saturated heterocycles. The number of rotatable bonds is 3. The number of aliphatic hydroxyl groups is 1. The minimum absolute atomic E-state index is 0.0861. The van der Waals surface area contributed by atoms with Gasteiger partial charge < -0.3 is 14.5 Å². The summed E-state index contributed by atoms with van der Waals surface area (Å²) in [5, 5.41) is 13.2. The summed E-state index contributed by atoms with van der Waals surface area (Å²) in [4.78, 5) is 13.8. The second kappa shape index (κ2) is 5.31. The molecule has 1 amide bonds. The van der Waals surface area contributed by atoms with Crippen LogP contribution in [0.25, 0.3) is 0 Å². The van der Waals surface area contributed by atoms with Crippen molar-refractivity contribution in [3.63, 3.8) is 0 Å². The zero-order valence-electron chi connectivity index (χ0n) is 10.0. The molecule has 0 unspecified atom stereocenters. The zero-order chi connectivity index (χ0) is 12.3. The van der Waals surface area contributed by atoms with Gasteiger partial charge in [-0.1, -0.05) is 5.16 Å². The molecule has 1 aromatic heterocycles. The third kappa shape index (κ3) is 3.06. The van der Waals surface area contributed by atoms with Gasteiger partial charge in [0, 0.05) is 19.2 Å². The predicted molar refractivity (Wildman–Crippen MR) is 61.2 cm³/mol. The number of amides is 1. The van der Waals surface area contributed by atoms with E-state index in [0.717, 1.165) is 25.9 Å². The molecule has 0 radical (unpaired) electrons. The van der Waals surface area contributed by atoms with E-state index in [9.17, 15) is 9.90 Å². The number of hydrogen-bond acceptors (Lipinski definition) is 4. The second-order valence-corrected chi connectivity index (χ2v) is 4.63. The summed E-state index contributed by atoms with van der Waals surface area (Å²) < 4.78 is 4.70. The number of aromatic nitrogens is 1. The Morgan fingerprint density at radius 3 is 2.88 bits per heavy atom. The Morgan fingerprint density at radius 1 is 1.65 bits per heavy atom. The lowest BCUT2D eigenvalue weighted by Gasteiger charge is -2.33. The third-order valence-electron chi connectivity index (χ3n) is 3.40. The van der Waals surface area contributed by atoms with Gasteiger partial charge in [0.15, 0.2) is 0 Å². The number of carbonyl (C=O) groups excluding carboxylic acids is 1. The first kappa shape index (κ1) is 12.1. The van der Waals surface area contributed by atoms with Gasteiger partial charge in [-0.05, 0) is 25.7 Å². The van der Waals surface area contributed by atoms with Crippen molar-refractivity contribution in [1.29, 1.82) is 0 Å². The molecule has 94 valence electrons. The molecule has 1 fully saturated rings. The van der Waals surface area contributed by atoms with E-state index in [1.54, 1.807) is 6.07 Å². The molecule has 2 rings (SSSR count). The zero-order valence-corrected chi connectivity index (χ0v) is 10.0. The van der Waals surface area contributed by atoms with E-state index in [0.29, 0.717) is 18.0 Å². The molecular formula is C12H18N2O3. The molecule has 1 atom stereocenters. The average molecular weight is 238 g/mol. The Balaban J connectivity index is 1.82. The van der Waals surface area contributed by atoms with Gasteiger partial charge in [-0.25, -0.2) is 0 Å². The molecule has 2 heterocycles. The molecule has 1 aromatic rings. The summed E-state index contributed by atoms with van der Waals surface area (Å²) in [7, 11) is 0. The molecule has 17 heavy (non-hydrogen) atoms. The van der Waals surface area contributed by atoms with Crippen LogP contribution < -0.4 is 0 Å². The third-order valence-corrected chi connectivity index (χ3v) is 3.40. The first-order valence-corrected chi connectivity index (χ1v) is 6.02. The van der Waals surface area contributed by atoms with Crippen molar-refractivity contribution in [2.45, 2.75) is 32.3 Å². The Bertz CT molecular complexity index is 354. The fourth-order valence-corrected chi connectivity index (χ4v) is 2.23. The molecule has 1 aliphatic rings. The van der Waals surface area contributed by atoms with Crippen LogP contribution in [0, 0.1) is 5.92 Å². The van der Waals surface area contributed by atoms with Crippen LogP contribution >= 0.6 is 0 Å². The van der Waals surface area contributed by atoms with Crippen molar-refractivity contribution < 1.29 is 14.4 Å². The van der Waals surface area contributed by atoms with E-state index in [4.69, 9.17) is 4.52 Å². The standard InChI is InChI=1S/C12H18N2O3/c1-9(15)10-2-5-14(6-3-10)12(16)8-11-4-7-17-13-11/h4,7,9-10,15H,2-3,5-6,8H2,1H3/t9-/m0/s1. The summed E-state index contributed by atoms with van der Waals surface area (Å²) in [5.74, 6) is 0.411. The first-order valence-electron chi connectivity index (χ1n) is 6.02. The van der Waals surface area contributed by atoms with Gasteiger partial charge in [0.2, 0.25) is 5.91 Å². The van der Waals surface area contributed by atoms with Crippen molar-refractivity contribution in [3.05, 3.63) is 18.0 Å². The SMILES string of the molecule is C[C@H](O)C1CCN(C(=O)Cc2ccon2)CC1. The molecular weight excluding hydrogens is 220 g/mol. The molecule has 5 nitrogen and oxygen atoms in total. The Morgan fingerprint density at radius 2 is 2.35 bits per heavy atom. The van der Waals surface area contributed by atoms with E-state index in [-0.39, 0.29) is 12.0 Å². The van der Waals surface area contributed by atoms with Crippen LogP contribution in [0.15, 0.2) is 16.9 Å². The average Bonchev–Trinajstić information content (AvgIpc) is 2.82. The van der Waals surface area contributed by atoms with Crippen LogP contribution in [-0.2, 0) is 11.2 Å². The van der Waals surface area contributed by atoms with Crippen LogP contribution in [0.5, 0.6) is 0 Å². The molecule has 1 aliphatic heterocycles. The van der Waals surface area contributed by atoms with Gasteiger partial charge in [0.25, 0.3) is 0 Å². The fourth-order valence-electron chi connectivity index (χ4n) is 2.23. The van der Waals surface area contributed by atoms with Crippen LogP contribution in [-0.4, -0.2) is 40.3 Å². The summed E-state index contributed by atoms with van der Waals surface area (Å²) in [5.41, 5.74) is 0.674. The first-order chi connectivity index (χ1) is 8.16. The molecule has 0 aromatic carbocycles. The van der Waals surface area contributed by atoms with E-state index in [2.05, 4.69) is 5.16 Å². The molecule has 0 aliphatic carbocycles. The highest BCUT2D eigenvalue weighted by Crippen LogP contribution is 2.20. The van der Waals surface area contributed by atoms with Gasteiger partial charge >= 0.3 is 0 Å². The van der Waals surface area contributed by atoms with Crippen LogP contribution in [0.2, 0.25) is 0 Å². The number of nitrogens with zero attached hydrogens (tertiary/aromatic N) is 2. The summed E-state index contributed by atoms with van der Waals surface area (Å²) in [6.45, 7) is 3.27. The number of aliphatic hydroxyl groups excluding tert-OH is 1. The molecule has 5 heteroatoms. The maximum Gasteiger partial charge on any atom is 0.228 e. The number of likely N-dealkylation sites (tertiary alicyclic amines) is 1. The number of piperidine rings is 1. The lowest BCUT2D eigenvalue weighted by atomic mass is 9.92. The van der Waals surface area contributed by atoms with E-state index >= 15 is 0 Å². The molecule has 0 bridgehead atoms. The summed E-state index contributed by atoms with van der Waals surface area (Å²) >= 11 is 0. The molecule has 0 spiro atoms. The monoisotopic (exact) mass is 238 g/mol. The largest absolute Gasteiger partial charge is 0.393 e. The van der Waals surface area contributed by atoms with Gasteiger partial charge in [0.05, 0.1) is 18.2 Å². The lowest BCUT2D eigenvalue weighted by molar-refractivity contribution is -0.132. The fraction of sp³-hybridized carbons (Fsp3) is 0.667. The molecule has 1 N–H and O–H groups in total. The molecule has 0 saturated carbocycles. The van der Waals surface area contributed by atoms with Crippen molar-refractivity contribution in [3.8, 4) is 0 Å². The maximum atomic E-state index is 11.9. The topological polar surface area (TPSA) is 66.6 Å². The quantitative estimate of drug-likeness (QED) is 0.847. The van der Waals surface area contributed by atoms with Crippen LogP contribution in [0.3, 0.4) is 0 Å². The van der Waals surface area contributed by atoms with Crippen LogP contribution in [0.4, 0.5) is 0 Å². The number of hydrogen-bond donors (Lipinski definition) is 1. The summed E-state index contributed by atoms with van der Waals surface area (Å²) in [6.07, 6.45) is 3.26. The van der Waals surface area contributed by atoms with E-state index in [1.165, 1.54) is 6.26 Å². The van der Waals surface area contributed by atoms with E-state index < -0.39 is 0 Å². The van der Waals surface area contributed by atoms with Gasteiger partial charge in [0.1, 0.15) is 6.26 Å². The van der Waals surface area contributed by atoms with Gasteiger partial charge in [-0.3, -0.25) is 4.79 Å². The van der Waals surface area contributed by atoms with Gasteiger partial charge in [-0.2, -0.15) is 0 Å². The number of carbonyl (C=O) groups is 1. The highest BCUT2D eigenvalue weighted by atomic mass is 16.5. The maximum absolute atomic E-state index is 11.9. The van der Waals surface area contributed by atoms with Gasteiger partial charge in [-0.15, -0.1) is 0 Å². The Hall–Kier alpha value is -1.36. The Kier molecular flexibility index (Phi) is 3.78. The smallest absolute Gasteiger partial charge is 0.228 e. The minimum atomic E-state index is -0.275. The normalized spacial score (nSPS) is 19.3. The van der Waals surface area contributed by atoms with Crippen molar-refractivity contribution in [1.82, 2.24) is 10.1 Å². The lowest BCUT2D eigenvalue weighted by Crippen LogP contribution is -2.41. The minimum Gasteiger partial charge on any atom is -0.393 e.